The zero-order valence-electron chi connectivity index (χ0n) is 16.4. The minimum atomic E-state index is -1.11. The molecule has 3 aromatic rings. The molecule has 2 N–H and O–H groups in total. The van der Waals surface area contributed by atoms with Gasteiger partial charge >= 0.3 is 5.97 Å². The molecular formula is C20H21N7O3. The molecule has 0 unspecified atom stereocenters. The molecule has 0 aliphatic carbocycles. The van der Waals surface area contributed by atoms with E-state index < -0.39 is 11.5 Å². The molecule has 0 atom stereocenters. The lowest BCUT2D eigenvalue weighted by Gasteiger charge is -2.43. The number of benzene rings is 1. The van der Waals surface area contributed by atoms with Crippen LogP contribution in [0, 0.1) is 0 Å². The van der Waals surface area contributed by atoms with Gasteiger partial charge in [0, 0.05) is 25.8 Å². The molecule has 2 saturated heterocycles. The number of hydrogen-bond acceptors (Lipinski definition) is 7. The average Bonchev–Trinajstić information content (AvgIpc) is 3.27. The number of para-hydroxylation sites is 1. The highest BCUT2D eigenvalue weighted by Gasteiger charge is 2.50. The molecular weight excluding hydrogens is 386 g/mol. The minimum absolute atomic E-state index is 0.0461. The zero-order chi connectivity index (χ0) is 20.9. The molecule has 0 bridgehead atoms. The van der Waals surface area contributed by atoms with Crippen molar-refractivity contribution in [3.63, 3.8) is 0 Å². The molecule has 5 rings (SSSR count). The normalized spacial score (nSPS) is 18.2. The molecule has 2 aromatic heterocycles. The van der Waals surface area contributed by atoms with Gasteiger partial charge in [0.2, 0.25) is 11.7 Å². The van der Waals surface area contributed by atoms with Crippen LogP contribution in [0.4, 0.5) is 11.5 Å². The first-order valence-electron chi connectivity index (χ1n) is 9.78. The lowest BCUT2D eigenvalue weighted by atomic mass is 9.85. The summed E-state index contributed by atoms with van der Waals surface area (Å²) in [5.74, 6) is -0.543. The highest BCUT2D eigenvalue weighted by Crippen LogP contribution is 2.37. The van der Waals surface area contributed by atoms with Gasteiger partial charge in [0.25, 0.3) is 0 Å². The number of nitrogens with one attached hydrogen (secondary N) is 1. The summed E-state index contributed by atoms with van der Waals surface area (Å²) in [4.78, 5) is 41.3. The van der Waals surface area contributed by atoms with E-state index in [1.807, 2.05) is 30.3 Å². The summed E-state index contributed by atoms with van der Waals surface area (Å²) in [6, 6.07) is 9.94. The Bertz CT molecular complexity index is 1140. The standard InChI is InChI=1S/C20H21N7O3/c1-25-15-14(24-17(25)18(28)29)16(22-11-21-15)26-9-7-20(8-10-26)19(30)23-12-27(20)13-5-3-2-4-6-13/h2-6,11H,7-10,12H2,1H3,(H,23,30)(H,28,29). The molecule has 2 aliphatic rings. The Morgan fingerprint density at radius 1 is 1.17 bits per heavy atom. The third-order valence-electron chi connectivity index (χ3n) is 6.12. The number of fused-ring (bicyclic) bond motifs is 1. The van der Waals surface area contributed by atoms with Crippen molar-refractivity contribution in [1.29, 1.82) is 0 Å². The Kier molecular flexibility index (Phi) is 4.09. The lowest BCUT2D eigenvalue weighted by Crippen LogP contribution is -2.56. The second kappa shape index (κ2) is 6.68. The number of imidazole rings is 1. The SMILES string of the molecule is Cn1c(C(=O)O)nc2c(N3CCC4(CC3)C(=O)NCN4c3ccccc3)ncnc21. The Labute approximate surface area is 172 Å². The second-order valence-corrected chi connectivity index (χ2v) is 7.62. The maximum atomic E-state index is 12.8. The van der Waals surface area contributed by atoms with Crippen molar-refractivity contribution in [2.75, 3.05) is 29.6 Å². The van der Waals surface area contributed by atoms with E-state index in [0.717, 1.165) is 5.69 Å². The smallest absolute Gasteiger partial charge is 0.372 e. The summed E-state index contributed by atoms with van der Waals surface area (Å²) in [6.45, 7) is 1.69. The number of anilines is 2. The van der Waals surface area contributed by atoms with Gasteiger partial charge < -0.3 is 24.8 Å². The van der Waals surface area contributed by atoms with Gasteiger partial charge in [0.1, 0.15) is 11.9 Å². The first-order chi connectivity index (χ1) is 14.5. The van der Waals surface area contributed by atoms with Crippen LogP contribution in [0.15, 0.2) is 36.7 Å². The topological polar surface area (TPSA) is 116 Å². The van der Waals surface area contributed by atoms with Gasteiger partial charge in [0.15, 0.2) is 17.0 Å². The Morgan fingerprint density at radius 3 is 2.60 bits per heavy atom. The van der Waals surface area contributed by atoms with Gasteiger partial charge in [0.05, 0.1) is 6.67 Å². The van der Waals surface area contributed by atoms with E-state index in [1.54, 1.807) is 7.05 Å². The van der Waals surface area contributed by atoms with Gasteiger partial charge in [-0.05, 0) is 25.0 Å². The number of rotatable bonds is 3. The van der Waals surface area contributed by atoms with Gasteiger partial charge in [-0.1, -0.05) is 18.2 Å². The highest BCUT2D eigenvalue weighted by molar-refractivity contribution is 5.94. The molecule has 1 aromatic carbocycles. The average molecular weight is 407 g/mol. The number of nitrogens with zero attached hydrogens (tertiary/aromatic N) is 6. The number of carbonyl (C=O) groups excluding carboxylic acids is 1. The fourth-order valence-corrected chi connectivity index (χ4v) is 4.53. The number of aryl methyl sites for hydroxylation is 1. The van der Waals surface area contributed by atoms with Crippen LogP contribution >= 0.6 is 0 Å². The zero-order valence-corrected chi connectivity index (χ0v) is 16.4. The molecule has 2 fully saturated rings. The van der Waals surface area contributed by atoms with Crippen LogP contribution in [-0.4, -0.2) is 61.8 Å². The van der Waals surface area contributed by atoms with Crippen LogP contribution in [0.1, 0.15) is 23.5 Å². The number of hydrogen-bond donors (Lipinski definition) is 2. The molecule has 4 heterocycles. The number of carbonyl (C=O) groups is 2. The van der Waals surface area contributed by atoms with Gasteiger partial charge in [-0.15, -0.1) is 0 Å². The molecule has 154 valence electrons. The predicted octanol–water partition coefficient (Wildman–Crippen LogP) is 0.994. The van der Waals surface area contributed by atoms with Gasteiger partial charge in [-0.3, -0.25) is 4.79 Å². The van der Waals surface area contributed by atoms with Crippen LogP contribution in [0.3, 0.4) is 0 Å². The fraction of sp³-hybridized carbons (Fsp3) is 0.350. The second-order valence-electron chi connectivity index (χ2n) is 7.62. The van der Waals surface area contributed by atoms with E-state index in [1.165, 1.54) is 10.9 Å². The molecule has 30 heavy (non-hydrogen) atoms. The first kappa shape index (κ1) is 18.3. The van der Waals surface area contributed by atoms with Crippen molar-refractivity contribution < 1.29 is 14.7 Å². The van der Waals surface area contributed by atoms with Crippen LogP contribution in [0.2, 0.25) is 0 Å². The number of aromatic carboxylic acids is 1. The third kappa shape index (κ3) is 2.60. The molecule has 0 saturated carbocycles. The van der Waals surface area contributed by atoms with Gasteiger partial charge in [-0.25, -0.2) is 19.7 Å². The lowest BCUT2D eigenvalue weighted by molar-refractivity contribution is -0.124. The van der Waals surface area contributed by atoms with E-state index in [2.05, 4.69) is 30.1 Å². The van der Waals surface area contributed by atoms with Crippen LogP contribution < -0.4 is 15.1 Å². The van der Waals surface area contributed by atoms with Crippen LogP contribution in [-0.2, 0) is 11.8 Å². The monoisotopic (exact) mass is 407 g/mol. The Hall–Kier alpha value is -3.69. The molecule has 1 spiro atoms. The summed E-state index contributed by atoms with van der Waals surface area (Å²) >= 11 is 0. The number of carboxylic acid groups (broad SMARTS) is 1. The van der Waals surface area contributed by atoms with Crippen LogP contribution in [0.5, 0.6) is 0 Å². The maximum absolute atomic E-state index is 12.8. The number of carboxylic acids is 1. The van der Waals surface area contributed by atoms with Crippen molar-refractivity contribution in [1.82, 2.24) is 24.8 Å². The summed E-state index contributed by atoms with van der Waals surface area (Å²) < 4.78 is 1.45. The molecule has 0 radical (unpaired) electrons. The van der Waals surface area contributed by atoms with Crippen molar-refractivity contribution >= 4 is 34.5 Å². The van der Waals surface area contributed by atoms with Gasteiger partial charge in [-0.2, -0.15) is 0 Å². The van der Waals surface area contributed by atoms with Crippen molar-refractivity contribution in [3.05, 3.63) is 42.5 Å². The van der Waals surface area contributed by atoms with E-state index in [0.29, 0.717) is 49.6 Å². The largest absolute Gasteiger partial charge is 0.475 e. The summed E-state index contributed by atoms with van der Waals surface area (Å²) in [6.07, 6.45) is 2.67. The van der Waals surface area contributed by atoms with Crippen molar-refractivity contribution in [3.8, 4) is 0 Å². The highest BCUT2D eigenvalue weighted by atomic mass is 16.4. The quantitative estimate of drug-likeness (QED) is 0.660. The molecule has 2 aliphatic heterocycles. The van der Waals surface area contributed by atoms with Crippen LogP contribution in [0.25, 0.3) is 11.2 Å². The number of amides is 1. The number of piperidine rings is 1. The minimum Gasteiger partial charge on any atom is -0.475 e. The summed E-state index contributed by atoms with van der Waals surface area (Å²) in [5.41, 5.74) is 1.36. The fourth-order valence-electron chi connectivity index (χ4n) is 4.53. The van der Waals surface area contributed by atoms with E-state index in [9.17, 15) is 14.7 Å². The molecule has 10 heteroatoms. The predicted molar refractivity (Wildman–Crippen MR) is 109 cm³/mol. The third-order valence-corrected chi connectivity index (χ3v) is 6.12. The summed E-state index contributed by atoms with van der Waals surface area (Å²) in [7, 11) is 1.63. The molecule has 1 amide bonds. The first-order valence-corrected chi connectivity index (χ1v) is 9.78. The van der Waals surface area contributed by atoms with E-state index in [-0.39, 0.29) is 11.7 Å². The Balaban J connectivity index is 1.45. The maximum Gasteiger partial charge on any atom is 0.372 e. The summed E-state index contributed by atoms with van der Waals surface area (Å²) in [5, 5.41) is 12.4. The van der Waals surface area contributed by atoms with Crippen molar-refractivity contribution in [2.24, 2.45) is 7.05 Å². The number of aromatic nitrogens is 4. The van der Waals surface area contributed by atoms with E-state index >= 15 is 0 Å². The van der Waals surface area contributed by atoms with Crippen molar-refractivity contribution in [2.45, 2.75) is 18.4 Å². The van der Waals surface area contributed by atoms with E-state index in [4.69, 9.17) is 0 Å². The Morgan fingerprint density at radius 2 is 1.90 bits per heavy atom. The molecule has 10 nitrogen and oxygen atoms in total.